The van der Waals surface area contributed by atoms with Crippen LogP contribution >= 0.6 is 0 Å². The highest BCUT2D eigenvalue weighted by atomic mass is 32.2. The summed E-state index contributed by atoms with van der Waals surface area (Å²) in [6.07, 6.45) is -0.192. The van der Waals surface area contributed by atoms with Gasteiger partial charge in [-0.1, -0.05) is 12.1 Å². The zero-order valence-electron chi connectivity index (χ0n) is 17.9. The molecule has 1 aromatic heterocycles. The second-order valence-electron chi connectivity index (χ2n) is 8.05. The van der Waals surface area contributed by atoms with E-state index in [-0.39, 0.29) is 24.5 Å². The molecule has 2 aromatic carbocycles. The zero-order chi connectivity index (χ0) is 24.0. The van der Waals surface area contributed by atoms with Crippen LogP contribution in [0.2, 0.25) is 0 Å². The number of halogens is 2. The van der Waals surface area contributed by atoms with Crippen LogP contribution in [0.15, 0.2) is 54.6 Å². The lowest BCUT2D eigenvalue weighted by atomic mass is 9.99. The van der Waals surface area contributed by atoms with Crippen LogP contribution < -0.4 is 13.3 Å². The molecule has 0 radical (unpaired) electrons. The first kappa shape index (κ1) is 21.8. The van der Waals surface area contributed by atoms with Crippen molar-refractivity contribution in [2.24, 2.45) is 5.92 Å². The number of hydrogen-bond donors (Lipinski definition) is 0. The number of aromatic nitrogens is 1. The standard InChI is InChI=1S/C24H17F2N5O2S/c1-30-22-9-15(6-8-21(22)31(34(30)32)14-17-11-24(17,25)26)20-10-19(7-5-16(20)12-27)33-23-4-2-3-18(13-28)29-23/h2-10,17H,11,14H2,1H3. The van der Waals surface area contributed by atoms with Gasteiger partial charge >= 0.3 is 0 Å². The van der Waals surface area contributed by atoms with Gasteiger partial charge in [0.2, 0.25) is 17.1 Å². The fourth-order valence-corrected chi connectivity index (χ4v) is 5.12. The summed E-state index contributed by atoms with van der Waals surface area (Å²) in [5.74, 6) is -2.84. The Bertz CT molecular complexity index is 1420. The van der Waals surface area contributed by atoms with Crippen LogP contribution in [0.5, 0.6) is 11.6 Å². The number of rotatable bonds is 5. The van der Waals surface area contributed by atoms with Crippen LogP contribution in [0.25, 0.3) is 11.1 Å². The minimum Gasteiger partial charge on any atom is -0.439 e. The number of fused-ring (bicyclic) bond motifs is 1. The first-order valence-electron chi connectivity index (χ1n) is 10.4. The molecule has 2 aliphatic rings. The Morgan fingerprint density at radius 3 is 2.65 bits per heavy atom. The third kappa shape index (κ3) is 3.82. The fourth-order valence-electron chi connectivity index (χ4n) is 3.88. The Balaban J connectivity index is 1.48. The van der Waals surface area contributed by atoms with E-state index in [1.54, 1.807) is 61.6 Å². The van der Waals surface area contributed by atoms with E-state index in [0.717, 1.165) is 0 Å². The Hall–Kier alpha value is -4.02. The number of alkyl halides is 2. The molecule has 0 bridgehead atoms. The van der Waals surface area contributed by atoms with Crippen molar-refractivity contribution in [1.82, 2.24) is 4.98 Å². The molecule has 0 spiro atoms. The van der Waals surface area contributed by atoms with Gasteiger partial charge in [-0.25, -0.2) is 18.0 Å². The molecule has 0 N–H and O–H groups in total. The van der Waals surface area contributed by atoms with Crippen molar-refractivity contribution in [3.63, 3.8) is 0 Å². The number of nitriles is 2. The van der Waals surface area contributed by atoms with E-state index in [2.05, 4.69) is 11.1 Å². The molecule has 1 aliphatic heterocycles. The first-order chi connectivity index (χ1) is 16.3. The van der Waals surface area contributed by atoms with Crippen LogP contribution in [0.1, 0.15) is 17.7 Å². The summed E-state index contributed by atoms with van der Waals surface area (Å²) in [6, 6.07) is 19.2. The average Bonchev–Trinajstić information content (AvgIpc) is 3.39. The molecule has 5 rings (SSSR count). The average molecular weight is 477 g/mol. The Morgan fingerprint density at radius 2 is 1.94 bits per heavy atom. The molecule has 2 atom stereocenters. The lowest BCUT2D eigenvalue weighted by molar-refractivity contribution is 0.101. The van der Waals surface area contributed by atoms with Gasteiger partial charge in [0.25, 0.3) is 5.92 Å². The van der Waals surface area contributed by atoms with Crippen molar-refractivity contribution in [2.75, 3.05) is 22.2 Å². The quantitative estimate of drug-likeness (QED) is 0.528. The van der Waals surface area contributed by atoms with Crippen LogP contribution in [-0.2, 0) is 11.2 Å². The van der Waals surface area contributed by atoms with Crippen molar-refractivity contribution in [3.8, 4) is 34.9 Å². The number of pyridine rings is 1. The van der Waals surface area contributed by atoms with Gasteiger partial charge in [-0.2, -0.15) is 10.5 Å². The van der Waals surface area contributed by atoms with E-state index in [1.807, 2.05) is 6.07 Å². The topological polar surface area (TPSA) is 93.2 Å². The molecule has 7 nitrogen and oxygen atoms in total. The highest BCUT2D eigenvalue weighted by molar-refractivity contribution is 7.88. The van der Waals surface area contributed by atoms with Gasteiger partial charge in [0, 0.05) is 37.6 Å². The molecule has 170 valence electrons. The molecule has 0 amide bonds. The smallest absolute Gasteiger partial charge is 0.253 e. The Morgan fingerprint density at radius 1 is 1.15 bits per heavy atom. The van der Waals surface area contributed by atoms with Gasteiger partial charge < -0.3 is 4.74 Å². The second-order valence-corrected chi connectivity index (χ2v) is 9.50. The number of anilines is 2. The number of nitrogens with zero attached hydrogens (tertiary/aromatic N) is 5. The molecule has 2 unspecified atom stereocenters. The van der Waals surface area contributed by atoms with Crippen LogP contribution in [-0.4, -0.2) is 28.7 Å². The summed E-state index contributed by atoms with van der Waals surface area (Å²) in [5.41, 5.74) is 3.12. The van der Waals surface area contributed by atoms with E-state index in [9.17, 15) is 18.3 Å². The van der Waals surface area contributed by atoms with E-state index in [1.165, 1.54) is 8.61 Å². The summed E-state index contributed by atoms with van der Waals surface area (Å²) >= 11 is -1.61. The van der Waals surface area contributed by atoms with Gasteiger partial charge in [0.05, 0.1) is 23.0 Å². The molecule has 1 fully saturated rings. The summed E-state index contributed by atoms with van der Waals surface area (Å²) < 4.78 is 48.6. The highest BCUT2D eigenvalue weighted by Gasteiger charge is 2.58. The molecular weight excluding hydrogens is 460 g/mol. The number of benzene rings is 2. The van der Waals surface area contributed by atoms with Crippen LogP contribution in [0, 0.1) is 28.6 Å². The SMILES string of the molecule is CN1c2cc(-c3cc(Oc4cccc(C#N)n4)ccc3C#N)ccc2N(CC2CC2(F)F)S1=O. The minimum absolute atomic E-state index is 0.0117. The molecule has 2 heterocycles. The third-order valence-corrected chi connectivity index (χ3v) is 7.22. The zero-order valence-corrected chi connectivity index (χ0v) is 18.7. The maximum Gasteiger partial charge on any atom is 0.253 e. The number of ether oxygens (including phenoxy) is 1. The fraction of sp³-hybridized carbons (Fsp3) is 0.208. The molecule has 34 heavy (non-hydrogen) atoms. The van der Waals surface area contributed by atoms with Gasteiger partial charge in [0.1, 0.15) is 17.5 Å². The van der Waals surface area contributed by atoms with Crippen molar-refractivity contribution in [3.05, 3.63) is 65.9 Å². The third-order valence-electron chi connectivity index (χ3n) is 5.83. The number of hydrogen-bond acceptors (Lipinski definition) is 5. The maximum absolute atomic E-state index is 13.5. The predicted octanol–water partition coefficient (Wildman–Crippen LogP) is 4.77. The first-order valence-corrected chi connectivity index (χ1v) is 11.4. The second kappa shape index (κ2) is 8.08. The van der Waals surface area contributed by atoms with Gasteiger partial charge in [-0.15, -0.1) is 0 Å². The largest absolute Gasteiger partial charge is 0.439 e. The maximum atomic E-state index is 13.5. The Kier molecular flexibility index (Phi) is 5.18. The van der Waals surface area contributed by atoms with Gasteiger partial charge in [0.15, 0.2) is 0 Å². The molecule has 3 aromatic rings. The molecule has 0 saturated heterocycles. The Labute approximate surface area is 197 Å². The predicted molar refractivity (Wildman–Crippen MR) is 123 cm³/mol. The van der Waals surface area contributed by atoms with Crippen LogP contribution in [0.3, 0.4) is 0 Å². The minimum atomic E-state index is -2.70. The lowest BCUT2D eigenvalue weighted by Crippen LogP contribution is -2.31. The summed E-state index contributed by atoms with van der Waals surface area (Å²) in [7, 11) is 1.64. The highest BCUT2D eigenvalue weighted by Crippen LogP contribution is 2.51. The van der Waals surface area contributed by atoms with Gasteiger partial charge in [-0.05, 0) is 42.0 Å². The lowest BCUT2D eigenvalue weighted by Gasteiger charge is -2.17. The van der Waals surface area contributed by atoms with Crippen molar-refractivity contribution < 1.29 is 17.7 Å². The van der Waals surface area contributed by atoms with E-state index in [0.29, 0.717) is 33.8 Å². The van der Waals surface area contributed by atoms with E-state index in [4.69, 9.17) is 10.00 Å². The molecule has 1 aliphatic carbocycles. The van der Waals surface area contributed by atoms with E-state index >= 15 is 0 Å². The summed E-state index contributed by atoms with van der Waals surface area (Å²) in [5, 5.41) is 18.7. The summed E-state index contributed by atoms with van der Waals surface area (Å²) in [6.45, 7) is 0.0117. The van der Waals surface area contributed by atoms with Crippen molar-refractivity contribution >= 4 is 22.5 Å². The molecule has 10 heteroatoms. The van der Waals surface area contributed by atoms with Crippen molar-refractivity contribution in [1.29, 1.82) is 10.5 Å². The van der Waals surface area contributed by atoms with Gasteiger partial charge in [-0.3, -0.25) is 8.61 Å². The van der Waals surface area contributed by atoms with Crippen LogP contribution in [0.4, 0.5) is 20.2 Å². The molecule has 1 saturated carbocycles. The van der Waals surface area contributed by atoms with Crippen molar-refractivity contribution in [2.45, 2.75) is 12.3 Å². The molecular formula is C24H17F2N5O2S. The monoisotopic (exact) mass is 477 g/mol. The summed E-state index contributed by atoms with van der Waals surface area (Å²) in [4.78, 5) is 4.10. The van der Waals surface area contributed by atoms with E-state index < -0.39 is 23.0 Å². The normalized spacial score (nSPS) is 19.8.